The van der Waals surface area contributed by atoms with E-state index in [9.17, 15) is 8.42 Å². The van der Waals surface area contributed by atoms with Crippen LogP contribution in [0.3, 0.4) is 0 Å². The summed E-state index contributed by atoms with van der Waals surface area (Å²) in [5, 5.41) is 3.36. The fourth-order valence-corrected chi connectivity index (χ4v) is 3.96. The number of rotatable bonds is 7. The van der Waals surface area contributed by atoms with Crippen LogP contribution in [0.2, 0.25) is 0 Å². The molecule has 1 aliphatic carbocycles. The maximum absolute atomic E-state index is 12.2. The Kier molecular flexibility index (Phi) is 5.22. The molecular formula is C13H27N3O2S. The van der Waals surface area contributed by atoms with Crippen molar-refractivity contribution in [3.05, 3.63) is 0 Å². The van der Waals surface area contributed by atoms with Crippen LogP contribution >= 0.6 is 0 Å². The van der Waals surface area contributed by atoms with Crippen molar-refractivity contribution in [1.29, 1.82) is 0 Å². The van der Waals surface area contributed by atoms with Gasteiger partial charge in [0.2, 0.25) is 10.0 Å². The second kappa shape index (κ2) is 6.52. The van der Waals surface area contributed by atoms with E-state index in [1.807, 2.05) is 0 Å². The Morgan fingerprint density at radius 3 is 2.32 bits per heavy atom. The maximum atomic E-state index is 12.2. The number of piperazine rings is 1. The normalized spacial score (nSPS) is 23.1. The lowest BCUT2D eigenvalue weighted by atomic mass is 10.3. The minimum atomic E-state index is -3.04. The lowest BCUT2D eigenvalue weighted by molar-refractivity contribution is 0.154. The fraction of sp³-hybridized carbons (Fsp3) is 1.00. The van der Waals surface area contributed by atoms with E-state index in [1.54, 1.807) is 4.31 Å². The van der Waals surface area contributed by atoms with E-state index in [2.05, 4.69) is 24.1 Å². The van der Waals surface area contributed by atoms with Gasteiger partial charge in [-0.15, -0.1) is 0 Å². The Morgan fingerprint density at radius 1 is 1.16 bits per heavy atom. The molecule has 6 heteroatoms. The molecule has 1 aliphatic heterocycles. The first-order valence-electron chi connectivity index (χ1n) is 7.44. The van der Waals surface area contributed by atoms with Crippen molar-refractivity contribution in [2.24, 2.45) is 0 Å². The first kappa shape index (κ1) is 15.2. The number of nitrogens with one attached hydrogen (secondary N) is 1. The summed E-state index contributed by atoms with van der Waals surface area (Å²) in [7, 11) is -3.04. The highest BCUT2D eigenvalue weighted by Crippen LogP contribution is 2.18. The topological polar surface area (TPSA) is 52.7 Å². The molecule has 0 aromatic rings. The molecule has 0 amide bonds. The van der Waals surface area contributed by atoms with Gasteiger partial charge in [0.15, 0.2) is 0 Å². The molecule has 2 rings (SSSR count). The van der Waals surface area contributed by atoms with Gasteiger partial charge in [0, 0.05) is 38.3 Å². The van der Waals surface area contributed by atoms with Gasteiger partial charge in [-0.05, 0) is 39.7 Å². The van der Waals surface area contributed by atoms with Gasteiger partial charge in [-0.3, -0.25) is 4.90 Å². The highest BCUT2D eigenvalue weighted by Gasteiger charge is 2.27. The van der Waals surface area contributed by atoms with E-state index in [-0.39, 0.29) is 5.75 Å². The van der Waals surface area contributed by atoms with Crippen molar-refractivity contribution >= 4 is 10.0 Å². The van der Waals surface area contributed by atoms with Gasteiger partial charge in [0.05, 0.1) is 5.75 Å². The van der Waals surface area contributed by atoms with Crippen LogP contribution < -0.4 is 5.32 Å². The molecule has 1 saturated carbocycles. The van der Waals surface area contributed by atoms with Crippen molar-refractivity contribution in [1.82, 2.24) is 14.5 Å². The zero-order valence-corrected chi connectivity index (χ0v) is 13.0. The van der Waals surface area contributed by atoms with Crippen LogP contribution in [0.1, 0.15) is 33.1 Å². The van der Waals surface area contributed by atoms with Gasteiger partial charge < -0.3 is 5.32 Å². The van der Waals surface area contributed by atoms with Crippen molar-refractivity contribution in [3.63, 3.8) is 0 Å². The number of hydrogen-bond acceptors (Lipinski definition) is 4. The third-order valence-corrected chi connectivity index (χ3v) is 5.94. The van der Waals surface area contributed by atoms with E-state index in [0.29, 0.717) is 25.2 Å². The summed E-state index contributed by atoms with van der Waals surface area (Å²) in [6.45, 7) is 8.17. The van der Waals surface area contributed by atoms with Crippen LogP contribution in [-0.4, -0.2) is 68.2 Å². The molecule has 0 atom stereocenters. The van der Waals surface area contributed by atoms with E-state index in [0.717, 1.165) is 26.1 Å². The van der Waals surface area contributed by atoms with Gasteiger partial charge in [-0.25, -0.2) is 8.42 Å². The zero-order valence-electron chi connectivity index (χ0n) is 12.1. The molecule has 0 aromatic carbocycles. The third kappa shape index (κ3) is 4.70. The Morgan fingerprint density at radius 2 is 1.79 bits per heavy atom. The highest BCUT2D eigenvalue weighted by atomic mass is 32.2. The fourth-order valence-electron chi connectivity index (χ4n) is 2.48. The van der Waals surface area contributed by atoms with Crippen LogP contribution in [0.15, 0.2) is 0 Å². The van der Waals surface area contributed by atoms with Gasteiger partial charge >= 0.3 is 0 Å². The molecule has 0 bridgehead atoms. The third-order valence-electron chi connectivity index (χ3n) is 3.99. The maximum Gasteiger partial charge on any atom is 0.214 e. The summed E-state index contributed by atoms with van der Waals surface area (Å²) in [6.07, 6.45) is 3.23. The minimum absolute atomic E-state index is 0.286. The molecule has 1 N–H and O–H groups in total. The molecule has 1 heterocycles. The van der Waals surface area contributed by atoms with Crippen molar-refractivity contribution < 1.29 is 8.42 Å². The minimum Gasteiger partial charge on any atom is -0.314 e. The first-order valence-corrected chi connectivity index (χ1v) is 9.05. The second-order valence-electron chi connectivity index (χ2n) is 5.93. The monoisotopic (exact) mass is 289 g/mol. The molecule has 19 heavy (non-hydrogen) atoms. The largest absolute Gasteiger partial charge is 0.314 e. The Labute approximate surface area is 117 Å². The molecule has 112 valence electrons. The molecule has 0 aromatic heterocycles. The van der Waals surface area contributed by atoms with Crippen molar-refractivity contribution in [2.75, 3.05) is 38.5 Å². The van der Waals surface area contributed by atoms with E-state index < -0.39 is 10.0 Å². The smallest absolute Gasteiger partial charge is 0.214 e. The van der Waals surface area contributed by atoms with Crippen LogP contribution in [0.4, 0.5) is 0 Å². The van der Waals surface area contributed by atoms with Gasteiger partial charge in [0.25, 0.3) is 0 Å². The molecule has 2 aliphatic rings. The molecule has 0 unspecified atom stereocenters. The van der Waals surface area contributed by atoms with Crippen molar-refractivity contribution in [2.45, 2.75) is 45.2 Å². The summed E-state index contributed by atoms with van der Waals surface area (Å²) in [4.78, 5) is 2.33. The summed E-state index contributed by atoms with van der Waals surface area (Å²) in [5.74, 6) is 0.286. The SMILES string of the molecule is CC(C)N1CCN(S(=O)(=O)CCCNC2CC2)CC1. The molecule has 1 saturated heterocycles. The predicted molar refractivity (Wildman–Crippen MR) is 77.7 cm³/mol. The average molecular weight is 289 g/mol. The molecule has 5 nitrogen and oxygen atoms in total. The Balaban J connectivity index is 1.70. The molecule has 2 fully saturated rings. The van der Waals surface area contributed by atoms with E-state index in [4.69, 9.17) is 0 Å². The second-order valence-corrected chi connectivity index (χ2v) is 8.02. The van der Waals surface area contributed by atoms with Crippen LogP contribution in [0, 0.1) is 0 Å². The number of hydrogen-bond donors (Lipinski definition) is 1. The standard InChI is InChI=1S/C13H27N3O2S/c1-12(2)15-7-9-16(10-8-15)19(17,18)11-3-6-14-13-4-5-13/h12-14H,3-11H2,1-2H3. The van der Waals surface area contributed by atoms with Gasteiger partial charge in [0.1, 0.15) is 0 Å². The average Bonchev–Trinajstić information content (AvgIpc) is 3.19. The van der Waals surface area contributed by atoms with Crippen molar-refractivity contribution in [3.8, 4) is 0 Å². The summed E-state index contributed by atoms with van der Waals surface area (Å²) < 4.78 is 26.1. The molecule has 0 spiro atoms. The van der Waals surface area contributed by atoms with E-state index in [1.165, 1.54) is 12.8 Å². The predicted octanol–water partition coefficient (Wildman–Crippen LogP) is 0.484. The van der Waals surface area contributed by atoms with Crippen LogP contribution in [0.25, 0.3) is 0 Å². The zero-order chi connectivity index (χ0) is 13.9. The first-order chi connectivity index (χ1) is 8.99. The number of sulfonamides is 1. The van der Waals surface area contributed by atoms with Crippen LogP contribution in [0.5, 0.6) is 0 Å². The molecule has 0 radical (unpaired) electrons. The summed E-state index contributed by atoms with van der Waals surface area (Å²) in [5.41, 5.74) is 0. The highest BCUT2D eigenvalue weighted by molar-refractivity contribution is 7.89. The van der Waals surface area contributed by atoms with Crippen LogP contribution in [-0.2, 0) is 10.0 Å². The lowest BCUT2D eigenvalue weighted by Crippen LogP contribution is -2.51. The van der Waals surface area contributed by atoms with Gasteiger partial charge in [-0.1, -0.05) is 0 Å². The summed E-state index contributed by atoms with van der Waals surface area (Å²) >= 11 is 0. The Bertz CT molecular complexity index is 371. The molecular weight excluding hydrogens is 262 g/mol. The lowest BCUT2D eigenvalue weighted by Gasteiger charge is -2.36. The quantitative estimate of drug-likeness (QED) is 0.693. The van der Waals surface area contributed by atoms with E-state index >= 15 is 0 Å². The number of nitrogens with zero attached hydrogens (tertiary/aromatic N) is 2. The Hall–Kier alpha value is -0.170. The summed E-state index contributed by atoms with van der Waals surface area (Å²) in [6, 6.07) is 1.17. The van der Waals surface area contributed by atoms with Gasteiger partial charge in [-0.2, -0.15) is 4.31 Å².